The summed E-state index contributed by atoms with van der Waals surface area (Å²) < 4.78 is 0. The molecule has 6 nitrogen and oxygen atoms in total. The zero-order valence-electron chi connectivity index (χ0n) is 15.0. The molecule has 0 aliphatic rings. The van der Waals surface area contributed by atoms with Crippen LogP contribution in [0.2, 0.25) is 0 Å². The van der Waals surface area contributed by atoms with Crippen LogP contribution in [0, 0.1) is 0 Å². The van der Waals surface area contributed by atoms with Crippen LogP contribution in [0.15, 0.2) is 24.3 Å². The van der Waals surface area contributed by atoms with E-state index in [1.807, 2.05) is 0 Å². The van der Waals surface area contributed by atoms with Crippen molar-refractivity contribution in [2.24, 2.45) is 0 Å². The van der Waals surface area contributed by atoms with Gasteiger partial charge in [0, 0.05) is 18.2 Å². The van der Waals surface area contributed by atoms with Gasteiger partial charge in [-0.05, 0) is 24.6 Å². The number of anilines is 1. The molecule has 0 aliphatic carbocycles. The summed E-state index contributed by atoms with van der Waals surface area (Å²) in [6.45, 7) is 3.53. The van der Waals surface area contributed by atoms with Gasteiger partial charge < -0.3 is 15.7 Å². The molecule has 0 aliphatic heterocycles. The Morgan fingerprint density at radius 2 is 1.76 bits per heavy atom. The topological polar surface area (TPSA) is 95.5 Å². The average Bonchev–Trinajstić information content (AvgIpc) is 2.56. The molecule has 2 amide bonds. The van der Waals surface area contributed by atoms with E-state index in [4.69, 9.17) is 0 Å². The number of amides is 2. The minimum atomic E-state index is -1.03. The van der Waals surface area contributed by atoms with E-state index in [-0.39, 0.29) is 5.91 Å². The van der Waals surface area contributed by atoms with Gasteiger partial charge in [-0.1, -0.05) is 51.5 Å². The molecule has 1 aromatic rings. The van der Waals surface area contributed by atoms with E-state index < -0.39 is 17.9 Å². The van der Waals surface area contributed by atoms with Crippen molar-refractivity contribution in [3.8, 4) is 0 Å². The third kappa shape index (κ3) is 8.33. The van der Waals surface area contributed by atoms with Crippen LogP contribution in [0.5, 0.6) is 0 Å². The first-order valence-electron chi connectivity index (χ1n) is 8.85. The molecule has 0 bridgehead atoms. The number of unbranched alkanes of at least 4 members (excludes halogenated alkanes) is 5. The Labute approximate surface area is 149 Å². The second-order valence-corrected chi connectivity index (χ2v) is 6.18. The number of carboxylic acid groups (broad SMARTS) is 1. The number of carbonyl (C=O) groups is 3. The quantitative estimate of drug-likeness (QED) is 0.533. The Balaban J connectivity index is 2.55. The molecule has 0 aromatic heterocycles. The lowest BCUT2D eigenvalue weighted by atomic mass is 10.1. The molecule has 1 rings (SSSR count). The summed E-state index contributed by atoms with van der Waals surface area (Å²) in [7, 11) is 0. The van der Waals surface area contributed by atoms with Crippen molar-refractivity contribution in [1.82, 2.24) is 5.32 Å². The molecule has 1 aromatic carbocycles. The Morgan fingerprint density at radius 3 is 2.40 bits per heavy atom. The van der Waals surface area contributed by atoms with Crippen LogP contribution in [0.25, 0.3) is 0 Å². The van der Waals surface area contributed by atoms with Crippen LogP contribution < -0.4 is 10.6 Å². The summed E-state index contributed by atoms with van der Waals surface area (Å²) in [4.78, 5) is 34.7. The maximum Gasteiger partial charge on any atom is 0.326 e. The van der Waals surface area contributed by atoms with Crippen LogP contribution in [0.4, 0.5) is 5.69 Å². The number of aliphatic carboxylic acids is 1. The van der Waals surface area contributed by atoms with Crippen molar-refractivity contribution in [2.45, 2.75) is 64.8 Å². The van der Waals surface area contributed by atoms with Gasteiger partial charge in [0.2, 0.25) is 5.91 Å². The number of carboxylic acids is 1. The van der Waals surface area contributed by atoms with Crippen molar-refractivity contribution in [3.63, 3.8) is 0 Å². The normalized spacial score (nSPS) is 11.6. The molecule has 0 saturated carbocycles. The third-order valence-corrected chi connectivity index (χ3v) is 3.89. The van der Waals surface area contributed by atoms with Gasteiger partial charge in [0.1, 0.15) is 6.04 Å². The maximum atomic E-state index is 12.3. The van der Waals surface area contributed by atoms with E-state index in [1.165, 1.54) is 25.8 Å². The monoisotopic (exact) mass is 348 g/mol. The number of rotatable bonds is 11. The zero-order chi connectivity index (χ0) is 18.7. The summed E-state index contributed by atoms with van der Waals surface area (Å²) in [5.41, 5.74) is 0.823. The van der Waals surface area contributed by atoms with Crippen molar-refractivity contribution in [2.75, 3.05) is 5.32 Å². The largest absolute Gasteiger partial charge is 0.480 e. The molecule has 6 heteroatoms. The first kappa shape index (κ1) is 20.7. The van der Waals surface area contributed by atoms with Gasteiger partial charge >= 0.3 is 5.97 Å². The van der Waals surface area contributed by atoms with Gasteiger partial charge in [0.05, 0.1) is 0 Å². The van der Waals surface area contributed by atoms with Gasteiger partial charge in [-0.3, -0.25) is 9.59 Å². The predicted octanol–water partition coefficient (Wildman–Crippen LogP) is 3.58. The molecule has 25 heavy (non-hydrogen) atoms. The summed E-state index contributed by atoms with van der Waals surface area (Å²) in [5, 5.41) is 14.5. The van der Waals surface area contributed by atoms with E-state index in [2.05, 4.69) is 17.6 Å². The molecule has 0 unspecified atom stereocenters. The SMILES string of the molecule is CCCCCCCC[C@H](NC(=O)c1cccc(NC(C)=O)c1)C(=O)O. The van der Waals surface area contributed by atoms with Crippen molar-refractivity contribution >= 4 is 23.5 Å². The van der Waals surface area contributed by atoms with Gasteiger partial charge in [-0.15, -0.1) is 0 Å². The van der Waals surface area contributed by atoms with Crippen LogP contribution in [-0.4, -0.2) is 28.9 Å². The van der Waals surface area contributed by atoms with Crippen LogP contribution in [-0.2, 0) is 9.59 Å². The molecular weight excluding hydrogens is 320 g/mol. The molecule has 0 fully saturated rings. The number of carbonyl (C=O) groups excluding carboxylic acids is 2. The van der Waals surface area contributed by atoms with E-state index in [0.29, 0.717) is 17.7 Å². The summed E-state index contributed by atoms with van der Waals surface area (Å²) in [6, 6.07) is 5.53. The standard InChI is InChI=1S/C19H28N2O4/c1-3-4-5-6-7-8-12-17(19(24)25)21-18(23)15-10-9-11-16(13-15)20-14(2)22/h9-11,13,17H,3-8,12H2,1-2H3,(H,20,22)(H,21,23)(H,24,25)/t17-/m0/s1. The lowest BCUT2D eigenvalue weighted by Gasteiger charge is -2.15. The highest BCUT2D eigenvalue weighted by molar-refractivity contribution is 5.98. The fourth-order valence-corrected chi connectivity index (χ4v) is 2.57. The molecule has 3 N–H and O–H groups in total. The minimum absolute atomic E-state index is 0.232. The lowest BCUT2D eigenvalue weighted by Crippen LogP contribution is -2.40. The lowest BCUT2D eigenvalue weighted by molar-refractivity contribution is -0.139. The third-order valence-electron chi connectivity index (χ3n) is 3.89. The van der Waals surface area contributed by atoms with E-state index in [9.17, 15) is 19.5 Å². The first-order valence-corrected chi connectivity index (χ1v) is 8.85. The van der Waals surface area contributed by atoms with Crippen LogP contribution in [0.1, 0.15) is 69.2 Å². The highest BCUT2D eigenvalue weighted by atomic mass is 16.4. The highest BCUT2D eigenvalue weighted by Gasteiger charge is 2.20. The summed E-state index contributed by atoms with van der Waals surface area (Å²) >= 11 is 0. The molecule has 0 radical (unpaired) electrons. The van der Waals surface area contributed by atoms with Gasteiger partial charge in [-0.2, -0.15) is 0 Å². The second-order valence-electron chi connectivity index (χ2n) is 6.18. The van der Waals surface area contributed by atoms with Crippen molar-refractivity contribution in [1.29, 1.82) is 0 Å². The Bertz CT molecular complexity index is 587. The Hall–Kier alpha value is -2.37. The maximum absolute atomic E-state index is 12.3. The predicted molar refractivity (Wildman–Crippen MR) is 97.6 cm³/mol. The van der Waals surface area contributed by atoms with Gasteiger partial charge in [0.25, 0.3) is 5.91 Å². The number of hydrogen-bond donors (Lipinski definition) is 3. The molecule has 138 valence electrons. The Kier molecular flexibility index (Phi) is 9.29. The van der Waals surface area contributed by atoms with E-state index >= 15 is 0 Å². The van der Waals surface area contributed by atoms with Gasteiger partial charge in [-0.25, -0.2) is 4.79 Å². The molecule has 1 atom stereocenters. The molecule has 0 saturated heterocycles. The molecular formula is C19H28N2O4. The molecule has 0 heterocycles. The second kappa shape index (κ2) is 11.2. The minimum Gasteiger partial charge on any atom is -0.480 e. The van der Waals surface area contributed by atoms with Crippen LogP contribution in [0.3, 0.4) is 0 Å². The number of nitrogens with one attached hydrogen (secondary N) is 2. The van der Waals surface area contributed by atoms with E-state index in [1.54, 1.807) is 18.2 Å². The number of benzene rings is 1. The summed E-state index contributed by atoms with van der Waals surface area (Å²) in [5.74, 6) is -1.71. The molecule has 0 spiro atoms. The fourth-order valence-electron chi connectivity index (χ4n) is 2.57. The first-order chi connectivity index (χ1) is 11.9. The number of hydrogen-bond acceptors (Lipinski definition) is 3. The van der Waals surface area contributed by atoms with Gasteiger partial charge in [0.15, 0.2) is 0 Å². The Morgan fingerprint density at radius 1 is 1.08 bits per heavy atom. The smallest absolute Gasteiger partial charge is 0.326 e. The van der Waals surface area contributed by atoms with Crippen molar-refractivity contribution in [3.05, 3.63) is 29.8 Å². The van der Waals surface area contributed by atoms with E-state index in [0.717, 1.165) is 25.7 Å². The average molecular weight is 348 g/mol. The van der Waals surface area contributed by atoms with Crippen LogP contribution >= 0.6 is 0 Å². The van der Waals surface area contributed by atoms with Crippen molar-refractivity contribution < 1.29 is 19.5 Å². The zero-order valence-corrected chi connectivity index (χ0v) is 15.0. The summed E-state index contributed by atoms with van der Waals surface area (Å²) in [6.07, 6.45) is 6.78. The highest BCUT2D eigenvalue weighted by Crippen LogP contribution is 2.12. The fraction of sp³-hybridized carbons (Fsp3) is 0.526.